The zero-order valence-corrected chi connectivity index (χ0v) is 10.4. The molecule has 0 spiro atoms. The lowest BCUT2D eigenvalue weighted by Crippen LogP contribution is -1.83. The van der Waals surface area contributed by atoms with Gasteiger partial charge in [-0.3, -0.25) is 4.21 Å². The fourth-order valence-corrected chi connectivity index (χ4v) is 1.75. The highest BCUT2D eigenvalue weighted by molar-refractivity contribution is 7.98. The maximum Gasteiger partial charge on any atom is 0.105 e. The fourth-order valence-electron chi connectivity index (χ4n) is 0.914. The Morgan fingerprint density at radius 2 is 2.00 bits per heavy atom. The highest BCUT2D eigenvalue weighted by atomic mass is 35.5. The molecule has 76 valence electrons. The van der Waals surface area contributed by atoms with Gasteiger partial charge in [-0.15, -0.1) is 11.8 Å². The third kappa shape index (κ3) is 3.48. The van der Waals surface area contributed by atoms with Gasteiger partial charge >= 0.3 is 0 Å². The van der Waals surface area contributed by atoms with Crippen LogP contribution < -0.4 is 0 Å². The van der Waals surface area contributed by atoms with Gasteiger partial charge in [0.15, 0.2) is 0 Å². The van der Waals surface area contributed by atoms with E-state index < -0.39 is 10.8 Å². The number of thioether (sulfide) groups is 1. The molecule has 0 aliphatic heterocycles. The molecule has 0 unspecified atom stereocenters. The van der Waals surface area contributed by atoms with Crippen LogP contribution in [-0.4, -0.2) is 16.7 Å². The van der Waals surface area contributed by atoms with Crippen molar-refractivity contribution >= 4 is 40.2 Å². The first-order valence-corrected chi connectivity index (χ1v) is 7.14. The van der Waals surface area contributed by atoms with Gasteiger partial charge in [0.05, 0.1) is 10.8 Å². The number of hydrogen-bond donors (Lipinski definition) is 0. The lowest BCUT2D eigenvalue weighted by atomic mass is 10.2. The topological polar surface area (TPSA) is 17.1 Å². The van der Waals surface area contributed by atoms with E-state index in [4.69, 9.17) is 11.6 Å². The summed E-state index contributed by atoms with van der Waals surface area (Å²) in [6.45, 7) is 0. The van der Waals surface area contributed by atoms with Gasteiger partial charge in [0.2, 0.25) is 0 Å². The summed E-state index contributed by atoms with van der Waals surface area (Å²) in [6.07, 6.45) is 5.32. The molecule has 0 saturated heterocycles. The van der Waals surface area contributed by atoms with Crippen molar-refractivity contribution in [1.82, 2.24) is 0 Å². The molecule has 0 aliphatic carbocycles. The van der Waals surface area contributed by atoms with Crippen LogP contribution in [0.2, 0.25) is 0 Å². The Morgan fingerprint density at radius 1 is 1.43 bits per heavy atom. The van der Waals surface area contributed by atoms with Crippen LogP contribution in [0.5, 0.6) is 0 Å². The number of benzene rings is 1. The van der Waals surface area contributed by atoms with Gasteiger partial charge in [-0.05, 0) is 30.0 Å². The number of rotatable bonds is 3. The van der Waals surface area contributed by atoms with Crippen molar-refractivity contribution < 1.29 is 4.21 Å². The normalized spacial score (nSPS) is 14.1. The minimum atomic E-state index is -1.10. The molecule has 0 amide bonds. The summed E-state index contributed by atoms with van der Waals surface area (Å²) in [4.78, 5) is 1.20. The van der Waals surface area contributed by atoms with Crippen LogP contribution in [0.25, 0.3) is 6.08 Å². The number of hydrogen-bond acceptors (Lipinski definition) is 2. The van der Waals surface area contributed by atoms with E-state index in [-0.39, 0.29) is 0 Å². The van der Waals surface area contributed by atoms with E-state index in [0.29, 0.717) is 4.36 Å². The third-order valence-corrected chi connectivity index (χ3v) is 3.84. The Bertz CT molecular complexity index is 357. The summed E-state index contributed by atoms with van der Waals surface area (Å²) in [5.74, 6) is 0. The Morgan fingerprint density at radius 3 is 2.43 bits per heavy atom. The number of halogens is 1. The van der Waals surface area contributed by atoms with Gasteiger partial charge < -0.3 is 0 Å². The summed E-state index contributed by atoms with van der Waals surface area (Å²) in [5, 5.41) is 0. The minimum absolute atomic E-state index is 0.377. The summed E-state index contributed by atoms with van der Waals surface area (Å²) >= 11 is 7.47. The highest BCUT2D eigenvalue weighted by Gasteiger charge is 1.97. The second-order valence-electron chi connectivity index (χ2n) is 2.68. The van der Waals surface area contributed by atoms with Crippen molar-refractivity contribution in [2.45, 2.75) is 4.90 Å². The zero-order valence-electron chi connectivity index (χ0n) is 7.99. The predicted molar refractivity (Wildman–Crippen MR) is 66.1 cm³/mol. The van der Waals surface area contributed by atoms with Crippen LogP contribution in [0, 0.1) is 0 Å². The first-order chi connectivity index (χ1) is 6.63. The molecule has 1 atom stereocenters. The van der Waals surface area contributed by atoms with Crippen molar-refractivity contribution in [1.29, 1.82) is 0 Å². The van der Waals surface area contributed by atoms with E-state index in [0.717, 1.165) is 5.56 Å². The van der Waals surface area contributed by atoms with E-state index in [1.165, 1.54) is 4.90 Å². The second kappa shape index (κ2) is 5.59. The molecule has 0 saturated carbocycles. The van der Waals surface area contributed by atoms with Crippen LogP contribution in [0.1, 0.15) is 5.56 Å². The van der Waals surface area contributed by atoms with Gasteiger partial charge in [-0.25, -0.2) is 0 Å². The Hall–Kier alpha value is -0.250. The quantitative estimate of drug-likeness (QED) is 0.761. The van der Waals surface area contributed by atoms with E-state index >= 15 is 0 Å². The fraction of sp³-hybridized carbons (Fsp3) is 0.200. The van der Waals surface area contributed by atoms with Crippen molar-refractivity contribution in [2.24, 2.45) is 0 Å². The van der Waals surface area contributed by atoms with Gasteiger partial charge in [0.1, 0.15) is 4.36 Å². The molecule has 0 heterocycles. The molecule has 1 rings (SSSR count). The Balaban J connectivity index is 2.88. The average molecular weight is 247 g/mol. The molecule has 0 aliphatic rings. The monoisotopic (exact) mass is 246 g/mol. The van der Waals surface area contributed by atoms with Crippen molar-refractivity contribution in [2.75, 3.05) is 12.5 Å². The van der Waals surface area contributed by atoms with E-state index in [9.17, 15) is 4.21 Å². The minimum Gasteiger partial charge on any atom is -0.254 e. The lowest BCUT2D eigenvalue weighted by molar-refractivity contribution is 0.691. The van der Waals surface area contributed by atoms with Crippen molar-refractivity contribution in [3.05, 3.63) is 34.2 Å². The largest absolute Gasteiger partial charge is 0.254 e. The molecule has 0 aromatic heterocycles. The zero-order chi connectivity index (χ0) is 10.6. The maximum absolute atomic E-state index is 11.0. The van der Waals surface area contributed by atoms with Gasteiger partial charge in [0.25, 0.3) is 0 Å². The predicted octanol–water partition coefficient (Wildman–Crippen LogP) is 3.32. The van der Waals surface area contributed by atoms with Crippen LogP contribution in [0.3, 0.4) is 0 Å². The van der Waals surface area contributed by atoms with Crippen LogP contribution in [-0.2, 0) is 10.8 Å². The molecule has 0 fully saturated rings. The van der Waals surface area contributed by atoms with Crippen molar-refractivity contribution in [3.8, 4) is 0 Å². The molecule has 0 N–H and O–H groups in total. The van der Waals surface area contributed by atoms with E-state index in [2.05, 4.69) is 0 Å². The lowest BCUT2D eigenvalue weighted by Gasteiger charge is -1.97. The summed E-state index contributed by atoms with van der Waals surface area (Å²) in [5.41, 5.74) is 0.975. The smallest absolute Gasteiger partial charge is 0.105 e. The summed E-state index contributed by atoms with van der Waals surface area (Å²) < 4.78 is 11.4. The van der Waals surface area contributed by atoms with Crippen LogP contribution >= 0.6 is 23.4 Å². The Labute approximate surface area is 96.0 Å². The van der Waals surface area contributed by atoms with E-state index in [1.54, 1.807) is 24.1 Å². The summed E-state index contributed by atoms with van der Waals surface area (Å²) in [7, 11) is -1.10. The third-order valence-electron chi connectivity index (χ3n) is 1.67. The van der Waals surface area contributed by atoms with Gasteiger partial charge in [-0.1, -0.05) is 23.7 Å². The molecule has 1 aromatic carbocycles. The molecule has 0 bridgehead atoms. The van der Waals surface area contributed by atoms with Gasteiger partial charge in [-0.2, -0.15) is 0 Å². The molecule has 0 radical (unpaired) electrons. The first-order valence-electron chi connectivity index (χ1n) is 3.98. The average Bonchev–Trinajstić information content (AvgIpc) is 2.19. The van der Waals surface area contributed by atoms with Crippen molar-refractivity contribution in [3.63, 3.8) is 0 Å². The second-order valence-corrected chi connectivity index (χ2v) is 5.53. The molecule has 14 heavy (non-hydrogen) atoms. The molecule has 1 nitrogen and oxygen atoms in total. The van der Waals surface area contributed by atoms with Crippen LogP contribution in [0.4, 0.5) is 0 Å². The highest BCUT2D eigenvalue weighted by Crippen LogP contribution is 2.18. The first kappa shape index (κ1) is 11.8. The summed E-state index contributed by atoms with van der Waals surface area (Å²) in [6, 6.07) is 7.95. The molecular formula is C10H11ClOS2. The molecule has 1 aromatic rings. The SMILES string of the molecule is CSc1ccc(/C=C(\Cl)[S@@](C)=O)cc1. The Kier molecular flexibility index (Phi) is 4.72. The van der Waals surface area contributed by atoms with Crippen LogP contribution in [0.15, 0.2) is 33.5 Å². The maximum atomic E-state index is 11.0. The standard InChI is InChI=1S/C10H11ClOS2/c1-13-9-5-3-8(4-6-9)7-10(11)14(2)12/h3-7H,1-2H3/b10-7+/t14-/m1/s1. The molecule has 4 heteroatoms. The van der Waals surface area contributed by atoms with E-state index in [1.807, 2.05) is 30.5 Å². The molecular weight excluding hydrogens is 236 g/mol. The van der Waals surface area contributed by atoms with Gasteiger partial charge in [0, 0.05) is 11.2 Å².